The number of ether oxygens (including phenoxy) is 1. The van der Waals surface area contributed by atoms with Crippen molar-refractivity contribution >= 4 is 4.57 Å². The van der Waals surface area contributed by atoms with E-state index in [-0.39, 0.29) is 0 Å². The SMILES string of the molecule is CO[C](=[Cr])c1ccccc1-c1ccccc1.[C-]#[O+].[C-]#[O+].[C-]#[O+].[C-]#[O+].[C-]#[O+]. The van der Waals surface area contributed by atoms with Crippen LogP contribution in [0.3, 0.4) is 0 Å². The van der Waals surface area contributed by atoms with E-state index in [9.17, 15) is 0 Å². The predicted molar refractivity (Wildman–Crippen MR) is 82.6 cm³/mol. The normalized spacial score (nSPS) is 6.58. The number of hydrogen-bond donors (Lipinski definition) is 0. The van der Waals surface area contributed by atoms with Crippen LogP contribution < -0.4 is 0 Å². The Morgan fingerprint density at radius 3 is 1.50 bits per heavy atom. The molecule has 0 N–H and O–H groups in total. The molecule has 2 rings (SSSR count). The molecule has 0 aromatic heterocycles. The van der Waals surface area contributed by atoms with Crippen LogP contribution in [0, 0.1) is 33.3 Å². The molecule has 0 unspecified atom stereocenters. The molecule has 2 aromatic carbocycles. The summed E-state index contributed by atoms with van der Waals surface area (Å²) in [7, 11) is 1.67. The van der Waals surface area contributed by atoms with E-state index in [0.717, 1.165) is 10.1 Å². The minimum atomic E-state index is 0.819. The molecule has 26 heavy (non-hydrogen) atoms. The molecule has 0 aliphatic heterocycles. The zero-order valence-corrected chi connectivity index (χ0v) is 14.8. The molecule has 0 fully saturated rings. The van der Waals surface area contributed by atoms with Gasteiger partial charge in [0.15, 0.2) is 0 Å². The topological polar surface area (TPSA) is 109 Å². The summed E-state index contributed by atoms with van der Waals surface area (Å²) >= 11 is 2.95. The fraction of sp³-hybridized carbons (Fsp3) is 0.0526. The molecule has 0 saturated carbocycles. The van der Waals surface area contributed by atoms with Crippen molar-refractivity contribution in [2.24, 2.45) is 0 Å². The van der Waals surface area contributed by atoms with Gasteiger partial charge in [0.2, 0.25) is 0 Å². The second kappa shape index (κ2) is 27.4. The van der Waals surface area contributed by atoms with Gasteiger partial charge in [0.25, 0.3) is 0 Å². The molecule has 0 atom stereocenters. The fourth-order valence-corrected chi connectivity index (χ4v) is 1.92. The molecule has 7 heteroatoms. The van der Waals surface area contributed by atoms with Gasteiger partial charge in [-0.2, -0.15) is 0 Å². The summed E-state index contributed by atoms with van der Waals surface area (Å²) in [6.07, 6.45) is 0. The molecular formula is C19H12CrO6. The Morgan fingerprint density at radius 2 is 1.08 bits per heavy atom. The van der Waals surface area contributed by atoms with Crippen molar-refractivity contribution in [3.05, 3.63) is 93.4 Å². The van der Waals surface area contributed by atoms with Gasteiger partial charge in [0, 0.05) is 0 Å². The van der Waals surface area contributed by atoms with Crippen LogP contribution in [0.15, 0.2) is 54.6 Å². The van der Waals surface area contributed by atoms with Crippen LogP contribution in [-0.4, -0.2) is 11.7 Å². The van der Waals surface area contributed by atoms with E-state index in [0.29, 0.717) is 0 Å². The van der Waals surface area contributed by atoms with Crippen LogP contribution in [-0.2, 0) is 43.8 Å². The monoisotopic (exact) mass is 388 g/mol. The van der Waals surface area contributed by atoms with Crippen LogP contribution in [0.25, 0.3) is 11.1 Å². The maximum atomic E-state index is 7.50. The van der Waals surface area contributed by atoms with E-state index in [1.165, 1.54) is 11.1 Å². The molecular weight excluding hydrogens is 376 g/mol. The van der Waals surface area contributed by atoms with Crippen molar-refractivity contribution in [3.63, 3.8) is 0 Å². The van der Waals surface area contributed by atoms with Gasteiger partial charge in [-0.25, -0.2) is 0 Å². The van der Waals surface area contributed by atoms with Gasteiger partial charge in [0.1, 0.15) is 0 Å². The van der Waals surface area contributed by atoms with E-state index in [1.807, 2.05) is 30.3 Å². The number of hydrogen-bond acceptors (Lipinski definition) is 1. The molecule has 0 aliphatic rings. The van der Waals surface area contributed by atoms with E-state index < -0.39 is 0 Å². The molecule has 6 nitrogen and oxygen atoms in total. The minimum absolute atomic E-state index is 0.819. The van der Waals surface area contributed by atoms with Gasteiger partial charge in [0.05, 0.1) is 0 Å². The van der Waals surface area contributed by atoms with E-state index in [1.54, 1.807) is 7.11 Å². The average molecular weight is 388 g/mol. The summed E-state index contributed by atoms with van der Waals surface area (Å²) in [5.41, 5.74) is 3.47. The molecule has 0 saturated heterocycles. The molecule has 0 bridgehead atoms. The zero-order valence-electron chi connectivity index (χ0n) is 13.6. The Bertz CT molecular complexity index is 664. The van der Waals surface area contributed by atoms with Crippen LogP contribution in [0.4, 0.5) is 0 Å². The summed E-state index contributed by atoms with van der Waals surface area (Å²) in [5, 5.41) is 0. The molecule has 130 valence electrons. The van der Waals surface area contributed by atoms with E-state index >= 15 is 0 Å². The summed E-state index contributed by atoms with van der Waals surface area (Å²) in [4.78, 5) is 0. The Hall–Kier alpha value is -2.50. The average Bonchev–Trinajstić information content (AvgIpc) is 2.80. The Labute approximate surface area is 160 Å². The first-order valence-corrected chi connectivity index (χ1v) is 6.71. The third-order valence-corrected chi connectivity index (χ3v) is 3.02. The van der Waals surface area contributed by atoms with Gasteiger partial charge in [-0.3, -0.25) is 0 Å². The van der Waals surface area contributed by atoms with Gasteiger partial charge >= 0.3 is 160 Å². The second-order valence-electron chi connectivity index (χ2n) is 3.40. The van der Waals surface area contributed by atoms with Crippen molar-refractivity contribution in [1.82, 2.24) is 0 Å². The second-order valence-corrected chi connectivity index (χ2v) is 3.98. The van der Waals surface area contributed by atoms with Crippen molar-refractivity contribution < 1.29 is 43.8 Å². The Kier molecular flexibility index (Phi) is 32.9. The molecule has 0 aliphatic carbocycles. The Morgan fingerprint density at radius 1 is 0.692 bits per heavy atom. The van der Waals surface area contributed by atoms with Gasteiger partial charge in [-0.1, -0.05) is 0 Å². The zero-order chi connectivity index (χ0) is 21.4. The summed E-state index contributed by atoms with van der Waals surface area (Å²) in [6, 6.07) is 18.5. The van der Waals surface area contributed by atoms with Crippen molar-refractivity contribution in [1.29, 1.82) is 0 Å². The first-order valence-electron chi connectivity index (χ1n) is 6.08. The standard InChI is InChI=1S/C14H12O.5CO.Cr/c1-15-11-13-9-5-6-10-14(13)12-7-3-2-4-8-12;5*1-2;/h2-10H,1H3;;;;;;. The number of methoxy groups -OCH3 is 1. The summed E-state index contributed by atoms with van der Waals surface area (Å²) in [6.45, 7) is 22.5. The Balaban J connectivity index is -0.000000210. The maximum absolute atomic E-state index is 7.50. The van der Waals surface area contributed by atoms with Crippen LogP contribution in [0.1, 0.15) is 5.56 Å². The molecule has 0 heterocycles. The van der Waals surface area contributed by atoms with Crippen molar-refractivity contribution in [2.75, 3.05) is 7.11 Å². The quantitative estimate of drug-likeness (QED) is 0.585. The van der Waals surface area contributed by atoms with Gasteiger partial charge < -0.3 is 0 Å². The van der Waals surface area contributed by atoms with Gasteiger partial charge in [-0.15, -0.1) is 0 Å². The third kappa shape index (κ3) is 12.9. The predicted octanol–water partition coefficient (Wildman–Crippen LogP) is 2.84. The van der Waals surface area contributed by atoms with Gasteiger partial charge in [-0.05, 0) is 0 Å². The number of benzene rings is 2. The summed E-state index contributed by atoms with van der Waals surface area (Å²) < 4.78 is 43.6. The fourth-order valence-electron chi connectivity index (χ4n) is 1.64. The third-order valence-electron chi connectivity index (χ3n) is 2.42. The van der Waals surface area contributed by atoms with Crippen LogP contribution in [0.5, 0.6) is 0 Å². The van der Waals surface area contributed by atoms with E-state index in [2.05, 4.69) is 73.4 Å². The number of rotatable bonds is 3. The van der Waals surface area contributed by atoms with Crippen molar-refractivity contribution in [2.45, 2.75) is 0 Å². The molecule has 0 amide bonds. The molecule has 0 radical (unpaired) electrons. The van der Waals surface area contributed by atoms with E-state index in [4.69, 9.17) is 28.0 Å². The van der Waals surface area contributed by atoms with Crippen molar-refractivity contribution in [3.8, 4) is 11.1 Å². The van der Waals surface area contributed by atoms with Crippen LogP contribution in [0.2, 0.25) is 0 Å². The summed E-state index contributed by atoms with van der Waals surface area (Å²) in [5.74, 6) is 0. The first kappa shape index (κ1) is 31.3. The van der Waals surface area contributed by atoms with Crippen LogP contribution >= 0.6 is 0 Å². The molecule has 0 spiro atoms. The molecule has 2 aromatic rings. The first-order chi connectivity index (χ1) is 12.8.